The highest BCUT2D eigenvalue weighted by atomic mass is 35.5. The highest BCUT2D eigenvalue weighted by Crippen LogP contribution is 2.20. The van der Waals surface area contributed by atoms with E-state index in [0.717, 1.165) is 11.1 Å². The molecule has 27 heavy (non-hydrogen) atoms. The zero-order chi connectivity index (χ0) is 19.1. The van der Waals surface area contributed by atoms with Crippen molar-refractivity contribution in [3.05, 3.63) is 88.7 Å². The normalized spacial score (nSPS) is 10.1. The number of carbonyl (C=O) groups is 1. The van der Waals surface area contributed by atoms with Gasteiger partial charge < -0.3 is 10.1 Å². The van der Waals surface area contributed by atoms with Gasteiger partial charge in [0.15, 0.2) is 0 Å². The van der Waals surface area contributed by atoms with Crippen LogP contribution >= 0.6 is 11.6 Å². The van der Waals surface area contributed by atoms with E-state index >= 15 is 0 Å². The van der Waals surface area contributed by atoms with Crippen molar-refractivity contribution in [3.63, 3.8) is 0 Å². The van der Waals surface area contributed by atoms with Crippen molar-refractivity contribution in [3.8, 4) is 11.8 Å². The maximum Gasteiger partial charge on any atom is 0.255 e. The number of nitrogens with zero attached hydrogens (tertiary/aromatic N) is 2. The van der Waals surface area contributed by atoms with Gasteiger partial charge >= 0.3 is 0 Å². The molecule has 0 spiro atoms. The van der Waals surface area contributed by atoms with Crippen molar-refractivity contribution in [1.82, 2.24) is 4.98 Å². The summed E-state index contributed by atoms with van der Waals surface area (Å²) in [6.07, 6.45) is 1.86. The summed E-state index contributed by atoms with van der Waals surface area (Å²) in [7, 11) is 0. The molecule has 6 heteroatoms. The molecular formula is C21H16ClN3O2. The van der Waals surface area contributed by atoms with Gasteiger partial charge in [0.05, 0.1) is 12.5 Å². The molecule has 134 valence electrons. The average molecular weight is 378 g/mol. The van der Waals surface area contributed by atoms with Crippen molar-refractivity contribution < 1.29 is 9.53 Å². The first kappa shape index (κ1) is 18.4. The number of ether oxygens (including phenoxy) is 1. The third-order valence-corrected chi connectivity index (χ3v) is 4.06. The van der Waals surface area contributed by atoms with E-state index < -0.39 is 0 Å². The lowest BCUT2D eigenvalue weighted by molar-refractivity contribution is 0.102. The summed E-state index contributed by atoms with van der Waals surface area (Å²) >= 11 is 5.84. The second-order valence-corrected chi connectivity index (χ2v) is 6.13. The molecule has 0 bridgehead atoms. The quantitative estimate of drug-likeness (QED) is 0.635. The second kappa shape index (κ2) is 8.84. The van der Waals surface area contributed by atoms with E-state index in [-0.39, 0.29) is 11.1 Å². The summed E-state index contributed by atoms with van der Waals surface area (Å²) in [6.45, 7) is 0.297. The van der Waals surface area contributed by atoms with E-state index in [9.17, 15) is 4.79 Å². The zero-order valence-electron chi connectivity index (χ0n) is 14.4. The third-order valence-electron chi connectivity index (χ3n) is 3.86. The van der Waals surface area contributed by atoms with E-state index in [1.54, 1.807) is 6.07 Å². The number of benzene rings is 2. The van der Waals surface area contributed by atoms with Crippen molar-refractivity contribution in [2.75, 3.05) is 5.32 Å². The molecule has 0 atom stereocenters. The number of nitriles is 1. The maximum atomic E-state index is 12.4. The Morgan fingerprint density at radius 1 is 1.15 bits per heavy atom. The lowest BCUT2D eigenvalue weighted by atomic mass is 10.1. The number of halogens is 1. The number of nitrogens with one attached hydrogen (secondary N) is 1. The number of aromatic nitrogens is 1. The Balaban J connectivity index is 1.68. The molecule has 0 aliphatic heterocycles. The molecule has 1 heterocycles. The van der Waals surface area contributed by atoms with Crippen molar-refractivity contribution >= 4 is 23.2 Å². The zero-order valence-corrected chi connectivity index (χ0v) is 15.1. The fourth-order valence-electron chi connectivity index (χ4n) is 2.46. The Kier molecular flexibility index (Phi) is 6.03. The molecule has 0 radical (unpaired) electrons. The largest absolute Gasteiger partial charge is 0.489 e. The van der Waals surface area contributed by atoms with Crippen LogP contribution in [0.25, 0.3) is 0 Å². The Morgan fingerprint density at radius 2 is 1.93 bits per heavy atom. The van der Waals surface area contributed by atoms with Crippen LogP contribution in [0.15, 0.2) is 66.9 Å². The molecule has 2 aromatic carbocycles. The topological polar surface area (TPSA) is 75.0 Å². The van der Waals surface area contributed by atoms with Gasteiger partial charge in [0.2, 0.25) is 0 Å². The number of rotatable bonds is 6. The summed E-state index contributed by atoms with van der Waals surface area (Å²) in [5, 5.41) is 11.9. The minimum atomic E-state index is -0.271. The molecule has 0 fully saturated rings. The molecule has 1 amide bonds. The van der Waals surface area contributed by atoms with Gasteiger partial charge in [-0.3, -0.25) is 4.79 Å². The molecule has 0 saturated heterocycles. The minimum Gasteiger partial charge on any atom is -0.489 e. The molecule has 5 nitrogen and oxygen atoms in total. The van der Waals surface area contributed by atoms with Crippen molar-refractivity contribution in [2.45, 2.75) is 13.0 Å². The Bertz CT molecular complexity index is 981. The Labute approximate surface area is 162 Å². The van der Waals surface area contributed by atoms with Crippen LogP contribution < -0.4 is 10.1 Å². The van der Waals surface area contributed by atoms with Crippen LogP contribution in [-0.4, -0.2) is 10.9 Å². The number of pyridine rings is 1. The number of carbonyl (C=O) groups excluding carboxylic acids is 1. The summed E-state index contributed by atoms with van der Waals surface area (Å²) in [5.41, 5.74) is 2.87. The minimum absolute atomic E-state index is 0.263. The standard InChI is InChI=1S/C21H16ClN3O2/c22-20-13-16(10-12-24-20)21(26)25-19-4-2-1-3-17(19)14-27-18-7-5-15(6-8-18)9-11-23/h1-8,10,12-13H,9,14H2,(H,25,26). The van der Waals surface area contributed by atoms with Crippen LogP contribution in [0.1, 0.15) is 21.5 Å². The van der Waals surface area contributed by atoms with Gasteiger partial charge in [0.1, 0.15) is 17.5 Å². The Morgan fingerprint density at radius 3 is 2.67 bits per heavy atom. The number of amides is 1. The monoisotopic (exact) mass is 377 g/mol. The van der Waals surface area contributed by atoms with Gasteiger partial charge in [0.25, 0.3) is 5.91 Å². The number of hydrogen-bond donors (Lipinski definition) is 1. The van der Waals surface area contributed by atoms with Crippen LogP contribution in [0, 0.1) is 11.3 Å². The predicted molar refractivity (Wildman–Crippen MR) is 104 cm³/mol. The fraction of sp³-hybridized carbons (Fsp3) is 0.0952. The summed E-state index contributed by atoms with van der Waals surface area (Å²) in [6, 6.07) is 20.0. The number of para-hydroxylation sites is 1. The second-order valence-electron chi connectivity index (χ2n) is 5.75. The van der Waals surface area contributed by atoms with Crippen LogP contribution in [0.5, 0.6) is 5.75 Å². The van der Waals surface area contributed by atoms with Crippen LogP contribution in [-0.2, 0) is 13.0 Å². The molecule has 0 unspecified atom stereocenters. The van der Waals surface area contributed by atoms with Crippen molar-refractivity contribution in [1.29, 1.82) is 5.26 Å². The van der Waals surface area contributed by atoms with Crippen molar-refractivity contribution in [2.24, 2.45) is 0 Å². The van der Waals surface area contributed by atoms with Crippen LogP contribution in [0.4, 0.5) is 5.69 Å². The highest BCUT2D eigenvalue weighted by Gasteiger charge is 2.10. The van der Waals surface area contributed by atoms with Crippen LogP contribution in [0.3, 0.4) is 0 Å². The molecule has 1 aromatic heterocycles. The summed E-state index contributed by atoms with van der Waals surface area (Å²) in [5.74, 6) is 0.423. The molecule has 0 saturated carbocycles. The number of hydrogen-bond acceptors (Lipinski definition) is 4. The number of anilines is 1. The van der Waals surface area contributed by atoms with Gasteiger partial charge in [0, 0.05) is 23.0 Å². The molecular weight excluding hydrogens is 362 g/mol. The summed E-state index contributed by atoms with van der Waals surface area (Å²) < 4.78 is 5.81. The highest BCUT2D eigenvalue weighted by molar-refractivity contribution is 6.29. The summed E-state index contributed by atoms with van der Waals surface area (Å²) in [4.78, 5) is 16.3. The first-order chi connectivity index (χ1) is 13.2. The molecule has 0 aliphatic carbocycles. The van der Waals surface area contributed by atoms with Gasteiger partial charge in [-0.1, -0.05) is 41.9 Å². The van der Waals surface area contributed by atoms with E-state index in [1.807, 2.05) is 48.5 Å². The van der Waals surface area contributed by atoms with Gasteiger partial charge in [-0.05, 0) is 35.9 Å². The van der Waals surface area contributed by atoms with E-state index in [4.69, 9.17) is 21.6 Å². The van der Waals surface area contributed by atoms with Gasteiger partial charge in [-0.25, -0.2) is 4.98 Å². The average Bonchev–Trinajstić information content (AvgIpc) is 2.68. The first-order valence-corrected chi connectivity index (χ1v) is 8.63. The fourth-order valence-corrected chi connectivity index (χ4v) is 2.64. The Hall–Kier alpha value is -3.36. The first-order valence-electron chi connectivity index (χ1n) is 8.25. The third kappa shape index (κ3) is 5.06. The molecule has 1 N–H and O–H groups in total. The van der Waals surface area contributed by atoms with Crippen LogP contribution in [0.2, 0.25) is 5.15 Å². The van der Waals surface area contributed by atoms with E-state index in [0.29, 0.717) is 30.0 Å². The lowest BCUT2D eigenvalue weighted by Gasteiger charge is -2.12. The SMILES string of the molecule is N#CCc1ccc(OCc2ccccc2NC(=O)c2ccnc(Cl)c2)cc1. The molecule has 0 aliphatic rings. The van der Waals surface area contributed by atoms with E-state index in [2.05, 4.69) is 16.4 Å². The molecule has 3 aromatic rings. The van der Waals surface area contributed by atoms with Gasteiger partial charge in [-0.15, -0.1) is 0 Å². The lowest BCUT2D eigenvalue weighted by Crippen LogP contribution is -2.14. The molecule has 3 rings (SSSR count). The smallest absolute Gasteiger partial charge is 0.255 e. The maximum absolute atomic E-state index is 12.4. The predicted octanol–water partition coefficient (Wildman–Crippen LogP) is 4.63. The van der Waals surface area contributed by atoms with Gasteiger partial charge in [-0.2, -0.15) is 5.26 Å². The van der Waals surface area contributed by atoms with E-state index in [1.165, 1.54) is 12.3 Å².